The first-order valence-electron chi connectivity index (χ1n) is 5.41. The minimum Gasteiger partial charge on any atom is -0.456 e. The Morgan fingerprint density at radius 3 is 2.35 bits per heavy atom. The molecule has 20 heavy (non-hydrogen) atoms. The number of rotatable bonds is 3. The molecule has 0 unspecified atom stereocenters. The molecule has 0 fully saturated rings. The Hall–Kier alpha value is -2.70. The van der Waals surface area contributed by atoms with Crippen LogP contribution in [0.25, 0.3) is 0 Å². The third-order valence-corrected chi connectivity index (χ3v) is 2.40. The first-order chi connectivity index (χ1) is 9.51. The normalized spacial score (nSPS) is 11.4. The fourth-order valence-electron chi connectivity index (χ4n) is 1.60. The zero-order valence-electron chi connectivity index (χ0n) is 9.98. The number of nitrogens with two attached hydrogens (primary N) is 1. The number of hydrogen-bond donors (Lipinski definition) is 2. The smallest absolute Gasteiger partial charge is 0.176 e. The Labute approximate surface area is 111 Å². The minimum atomic E-state index is -0.846. The Kier molecular flexibility index (Phi) is 3.79. The molecule has 0 saturated heterocycles. The van der Waals surface area contributed by atoms with Crippen LogP contribution in [0.15, 0.2) is 41.6 Å². The van der Waals surface area contributed by atoms with Gasteiger partial charge in [-0.1, -0.05) is 11.2 Å². The zero-order valence-corrected chi connectivity index (χ0v) is 9.98. The van der Waals surface area contributed by atoms with E-state index in [-0.39, 0.29) is 17.1 Å². The van der Waals surface area contributed by atoms with E-state index in [1.165, 1.54) is 12.1 Å². The average molecular weight is 282 g/mol. The van der Waals surface area contributed by atoms with Gasteiger partial charge in [0.2, 0.25) is 0 Å². The molecule has 7 heteroatoms. The molecule has 0 saturated carbocycles. The van der Waals surface area contributed by atoms with Crippen molar-refractivity contribution < 1.29 is 23.1 Å². The summed E-state index contributed by atoms with van der Waals surface area (Å²) in [6, 6.07) is 6.22. The predicted molar refractivity (Wildman–Crippen MR) is 65.3 cm³/mol. The van der Waals surface area contributed by atoms with Gasteiger partial charge in [-0.3, -0.25) is 0 Å². The maximum absolute atomic E-state index is 13.6. The number of hydrogen-bond acceptors (Lipinski definition) is 3. The van der Waals surface area contributed by atoms with Crippen LogP contribution in [0.1, 0.15) is 5.56 Å². The summed E-state index contributed by atoms with van der Waals surface area (Å²) in [5, 5.41) is 11.3. The van der Waals surface area contributed by atoms with Crippen molar-refractivity contribution in [1.29, 1.82) is 0 Å². The molecule has 0 amide bonds. The summed E-state index contributed by atoms with van der Waals surface area (Å²) in [4.78, 5) is 0. The van der Waals surface area contributed by atoms with Crippen LogP contribution >= 0.6 is 0 Å². The maximum atomic E-state index is 13.6. The molecule has 0 radical (unpaired) electrons. The predicted octanol–water partition coefficient (Wildman–Crippen LogP) is 2.99. The SMILES string of the molecule is NC(=NO)c1c(F)cccc1Oc1cc(F)cc(F)c1. The van der Waals surface area contributed by atoms with Gasteiger partial charge in [-0.2, -0.15) is 0 Å². The van der Waals surface area contributed by atoms with Crippen molar-refractivity contribution in [3.63, 3.8) is 0 Å². The van der Waals surface area contributed by atoms with Crippen molar-refractivity contribution in [3.05, 3.63) is 59.4 Å². The lowest BCUT2D eigenvalue weighted by atomic mass is 10.1. The highest BCUT2D eigenvalue weighted by Gasteiger charge is 2.15. The summed E-state index contributed by atoms with van der Waals surface area (Å²) in [6.45, 7) is 0. The molecule has 0 heterocycles. The van der Waals surface area contributed by atoms with Gasteiger partial charge in [0, 0.05) is 18.2 Å². The molecule has 0 aliphatic carbocycles. The molecule has 0 atom stereocenters. The van der Waals surface area contributed by atoms with E-state index >= 15 is 0 Å². The van der Waals surface area contributed by atoms with Gasteiger partial charge in [0.05, 0.1) is 5.56 Å². The molecule has 4 nitrogen and oxygen atoms in total. The van der Waals surface area contributed by atoms with Crippen molar-refractivity contribution in [1.82, 2.24) is 0 Å². The van der Waals surface area contributed by atoms with Gasteiger partial charge in [-0.05, 0) is 12.1 Å². The standard InChI is InChI=1S/C13H9F3N2O2/c14-7-4-8(15)6-9(5-7)20-11-3-1-2-10(16)12(11)13(17)18-19/h1-6,19H,(H2,17,18). The molecule has 0 aliphatic rings. The average Bonchev–Trinajstić information content (AvgIpc) is 2.37. The Bertz CT molecular complexity index is 654. The molecule has 2 aromatic carbocycles. The van der Waals surface area contributed by atoms with Crippen LogP contribution in [0.4, 0.5) is 13.2 Å². The number of nitrogens with zero attached hydrogens (tertiary/aromatic N) is 1. The highest BCUT2D eigenvalue weighted by atomic mass is 19.1. The fourth-order valence-corrected chi connectivity index (χ4v) is 1.60. The van der Waals surface area contributed by atoms with Crippen molar-refractivity contribution >= 4 is 5.84 Å². The van der Waals surface area contributed by atoms with Crippen molar-refractivity contribution in [2.45, 2.75) is 0 Å². The van der Waals surface area contributed by atoms with E-state index < -0.39 is 23.3 Å². The van der Waals surface area contributed by atoms with Gasteiger partial charge < -0.3 is 15.7 Å². The van der Waals surface area contributed by atoms with Crippen LogP contribution in [-0.2, 0) is 0 Å². The Morgan fingerprint density at radius 1 is 1.10 bits per heavy atom. The minimum absolute atomic E-state index is 0.134. The van der Waals surface area contributed by atoms with E-state index in [0.717, 1.165) is 18.2 Å². The van der Waals surface area contributed by atoms with Crippen LogP contribution < -0.4 is 10.5 Å². The molecular formula is C13H9F3N2O2. The lowest BCUT2D eigenvalue weighted by molar-refractivity contribution is 0.318. The molecule has 0 aromatic heterocycles. The largest absolute Gasteiger partial charge is 0.456 e. The number of halogens is 3. The summed E-state index contributed by atoms with van der Waals surface area (Å²) in [5.74, 6) is -3.32. The monoisotopic (exact) mass is 282 g/mol. The molecular weight excluding hydrogens is 273 g/mol. The number of amidine groups is 1. The highest BCUT2D eigenvalue weighted by Crippen LogP contribution is 2.28. The van der Waals surface area contributed by atoms with Gasteiger partial charge in [-0.15, -0.1) is 0 Å². The van der Waals surface area contributed by atoms with Crippen LogP contribution in [-0.4, -0.2) is 11.0 Å². The molecule has 0 aliphatic heterocycles. The molecule has 104 valence electrons. The topological polar surface area (TPSA) is 67.8 Å². The first-order valence-corrected chi connectivity index (χ1v) is 5.41. The highest BCUT2D eigenvalue weighted by molar-refractivity contribution is 5.99. The third-order valence-electron chi connectivity index (χ3n) is 2.40. The van der Waals surface area contributed by atoms with E-state index in [9.17, 15) is 13.2 Å². The van der Waals surface area contributed by atoms with E-state index in [1.807, 2.05) is 0 Å². The second-order valence-electron chi connectivity index (χ2n) is 3.81. The molecule has 0 spiro atoms. The van der Waals surface area contributed by atoms with E-state index in [4.69, 9.17) is 15.7 Å². The van der Waals surface area contributed by atoms with E-state index in [2.05, 4.69) is 5.16 Å². The van der Waals surface area contributed by atoms with Crippen LogP contribution in [0.5, 0.6) is 11.5 Å². The zero-order chi connectivity index (χ0) is 14.7. The molecule has 3 N–H and O–H groups in total. The second-order valence-corrected chi connectivity index (χ2v) is 3.81. The van der Waals surface area contributed by atoms with Crippen LogP contribution in [0.3, 0.4) is 0 Å². The quantitative estimate of drug-likeness (QED) is 0.393. The van der Waals surface area contributed by atoms with E-state index in [1.54, 1.807) is 0 Å². The molecule has 2 rings (SSSR count). The van der Waals surface area contributed by atoms with Gasteiger partial charge in [0.15, 0.2) is 5.84 Å². The van der Waals surface area contributed by atoms with Crippen molar-refractivity contribution in [2.24, 2.45) is 10.9 Å². The number of oxime groups is 1. The molecule has 2 aromatic rings. The van der Waals surface area contributed by atoms with Crippen LogP contribution in [0.2, 0.25) is 0 Å². The second kappa shape index (κ2) is 5.52. The van der Waals surface area contributed by atoms with Gasteiger partial charge in [0.1, 0.15) is 29.0 Å². The number of ether oxygens (including phenoxy) is 1. The molecule has 0 bridgehead atoms. The van der Waals surface area contributed by atoms with Gasteiger partial charge >= 0.3 is 0 Å². The Morgan fingerprint density at radius 2 is 1.75 bits per heavy atom. The fraction of sp³-hybridized carbons (Fsp3) is 0. The summed E-state index contributed by atoms with van der Waals surface area (Å²) in [5.41, 5.74) is 5.04. The lowest BCUT2D eigenvalue weighted by Gasteiger charge is -2.11. The number of benzene rings is 2. The maximum Gasteiger partial charge on any atom is 0.176 e. The summed E-state index contributed by atoms with van der Waals surface area (Å²) >= 11 is 0. The van der Waals surface area contributed by atoms with Gasteiger partial charge in [-0.25, -0.2) is 13.2 Å². The van der Waals surface area contributed by atoms with Crippen LogP contribution in [0, 0.1) is 17.5 Å². The first kappa shape index (κ1) is 13.7. The van der Waals surface area contributed by atoms with Crippen molar-refractivity contribution in [2.75, 3.05) is 0 Å². The lowest BCUT2D eigenvalue weighted by Crippen LogP contribution is -2.16. The van der Waals surface area contributed by atoms with Crippen molar-refractivity contribution in [3.8, 4) is 11.5 Å². The van der Waals surface area contributed by atoms with Gasteiger partial charge in [0.25, 0.3) is 0 Å². The summed E-state index contributed by atoms with van der Waals surface area (Å²) < 4.78 is 44.9. The summed E-state index contributed by atoms with van der Waals surface area (Å²) in [7, 11) is 0. The third kappa shape index (κ3) is 2.82. The van der Waals surface area contributed by atoms with E-state index in [0.29, 0.717) is 6.07 Å². The summed E-state index contributed by atoms with van der Waals surface area (Å²) in [6.07, 6.45) is 0. The Balaban J connectivity index is 2.46.